The first-order valence-electron chi connectivity index (χ1n) is 7.15. The molecule has 3 nitrogen and oxygen atoms in total. The highest BCUT2D eigenvalue weighted by atomic mass is 15.1. The van der Waals surface area contributed by atoms with E-state index in [-0.39, 0.29) is 5.70 Å². The molecule has 0 heterocycles. The topological polar surface area (TPSA) is 31.4 Å². The van der Waals surface area contributed by atoms with Crippen LogP contribution in [0, 0.1) is 17.9 Å². The van der Waals surface area contributed by atoms with E-state index in [1.165, 1.54) is 5.56 Å². The summed E-state index contributed by atoms with van der Waals surface area (Å²) in [6.45, 7) is 10.8. The molecule has 0 atom stereocenters. The van der Waals surface area contributed by atoms with Gasteiger partial charge in [0, 0.05) is 18.8 Å². The summed E-state index contributed by atoms with van der Waals surface area (Å²) in [5.74, 6) is 0. The zero-order valence-electron chi connectivity index (χ0n) is 12.5. The zero-order chi connectivity index (χ0) is 15.8. The Hall–Kier alpha value is -3.04. The Morgan fingerprint density at radius 2 is 1.86 bits per heavy atom. The second-order valence-corrected chi connectivity index (χ2v) is 4.84. The summed E-state index contributed by atoms with van der Waals surface area (Å²) in [5, 5.41) is 8.79. The largest absolute Gasteiger partial charge is 0.367 e. The summed E-state index contributed by atoms with van der Waals surface area (Å²) in [6, 6.07) is 20.2. The molecule has 0 spiro atoms. The van der Waals surface area contributed by atoms with Gasteiger partial charge in [-0.15, -0.1) is 0 Å². The Labute approximate surface area is 131 Å². The average molecular weight is 287 g/mol. The van der Waals surface area contributed by atoms with Crippen LogP contribution in [0.1, 0.15) is 18.1 Å². The molecule has 0 unspecified atom stereocenters. The molecular formula is C19H17N3. The molecule has 0 aliphatic rings. The van der Waals surface area contributed by atoms with Gasteiger partial charge < -0.3 is 4.90 Å². The van der Waals surface area contributed by atoms with Crippen molar-refractivity contribution < 1.29 is 0 Å². The summed E-state index contributed by atoms with van der Waals surface area (Å²) in [4.78, 5) is 5.45. The van der Waals surface area contributed by atoms with Crippen molar-refractivity contribution in [1.82, 2.24) is 0 Å². The minimum absolute atomic E-state index is 0.101. The van der Waals surface area contributed by atoms with E-state index in [4.69, 9.17) is 11.8 Å². The summed E-state index contributed by atoms with van der Waals surface area (Å²) >= 11 is 0. The zero-order valence-corrected chi connectivity index (χ0v) is 12.5. The van der Waals surface area contributed by atoms with Crippen molar-refractivity contribution in [2.75, 3.05) is 11.4 Å². The van der Waals surface area contributed by atoms with Crippen LogP contribution in [0.4, 0.5) is 5.69 Å². The molecule has 0 amide bonds. The molecule has 0 saturated heterocycles. The molecule has 0 fully saturated rings. The Balaban J connectivity index is 2.16. The average Bonchev–Trinajstić information content (AvgIpc) is 2.59. The van der Waals surface area contributed by atoms with Crippen LogP contribution in [-0.2, 0) is 6.54 Å². The molecule has 0 aromatic heterocycles. The van der Waals surface area contributed by atoms with Gasteiger partial charge >= 0.3 is 0 Å². The lowest BCUT2D eigenvalue weighted by Crippen LogP contribution is -2.21. The maximum absolute atomic E-state index is 8.79. The second-order valence-electron chi connectivity index (χ2n) is 4.84. The number of nitrogens with zero attached hydrogens (tertiary/aromatic N) is 3. The van der Waals surface area contributed by atoms with Gasteiger partial charge in [-0.2, -0.15) is 0 Å². The molecular weight excluding hydrogens is 270 g/mol. The first-order valence-corrected chi connectivity index (χ1v) is 7.15. The number of anilines is 1. The lowest BCUT2D eigenvalue weighted by molar-refractivity contribution is 0.832. The Morgan fingerprint density at radius 3 is 2.41 bits per heavy atom. The smallest absolute Gasteiger partial charge is 0.262 e. The van der Waals surface area contributed by atoms with Crippen LogP contribution < -0.4 is 4.90 Å². The van der Waals surface area contributed by atoms with Crippen molar-refractivity contribution in [2.45, 2.75) is 13.5 Å². The third-order valence-corrected chi connectivity index (χ3v) is 3.39. The predicted octanol–water partition coefficient (Wildman–Crippen LogP) is 4.50. The molecule has 22 heavy (non-hydrogen) atoms. The molecule has 2 aromatic carbocycles. The third kappa shape index (κ3) is 3.98. The van der Waals surface area contributed by atoms with Gasteiger partial charge in [0.1, 0.15) is 0 Å². The fourth-order valence-corrected chi connectivity index (χ4v) is 2.22. The van der Waals surface area contributed by atoms with Crippen molar-refractivity contribution in [2.24, 2.45) is 0 Å². The van der Waals surface area contributed by atoms with Crippen LogP contribution >= 0.6 is 0 Å². The van der Waals surface area contributed by atoms with E-state index in [1.807, 2.05) is 48.5 Å². The second kappa shape index (κ2) is 7.67. The first kappa shape index (κ1) is 15.4. The van der Waals surface area contributed by atoms with Gasteiger partial charge in [-0.3, -0.25) is 0 Å². The molecule has 2 aromatic rings. The fraction of sp³-hybridized carbons (Fsp3) is 0.158. The van der Waals surface area contributed by atoms with Gasteiger partial charge in [-0.25, -0.2) is 10.1 Å². The molecule has 0 radical (unpaired) electrons. The molecule has 108 valence electrons. The maximum Gasteiger partial charge on any atom is 0.262 e. The quantitative estimate of drug-likeness (QED) is 0.599. The van der Waals surface area contributed by atoms with Gasteiger partial charge in [0.2, 0.25) is 0 Å². The molecule has 0 aliphatic carbocycles. The first-order chi connectivity index (χ1) is 10.8. The molecule has 0 aliphatic heterocycles. The van der Waals surface area contributed by atoms with Crippen molar-refractivity contribution in [3.05, 3.63) is 82.8 Å². The normalized spacial score (nSPS) is 10.6. The summed E-state index contributed by atoms with van der Waals surface area (Å²) < 4.78 is 0. The van der Waals surface area contributed by atoms with Crippen molar-refractivity contribution in [3.63, 3.8) is 0 Å². The highest BCUT2D eigenvalue weighted by molar-refractivity contribution is 5.61. The molecule has 0 saturated carbocycles. The van der Waals surface area contributed by atoms with Gasteiger partial charge in [-0.1, -0.05) is 42.5 Å². The third-order valence-electron chi connectivity index (χ3n) is 3.39. The number of rotatable bonds is 5. The minimum atomic E-state index is 0.101. The standard InChI is InChI=1S/C19H17N3/c1-3-22(15-17-7-5-4-6-8-17)19-11-9-16(10-12-19)13-18(14-20)21-2/h4-13H,3,15H2,1H3. The van der Waals surface area contributed by atoms with Crippen LogP contribution in [0.25, 0.3) is 10.9 Å². The maximum atomic E-state index is 8.79. The lowest BCUT2D eigenvalue weighted by Gasteiger charge is -2.23. The van der Waals surface area contributed by atoms with E-state index in [1.54, 1.807) is 6.08 Å². The van der Waals surface area contributed by atoms with Gasteiger partial charge in [0.05, 0.1) is 12.6 Å². The van der Waals surface area contributed by atoms with Gasteiger partial charge in [0.15, 0.2) is 0 Å². The van der Waals surface area contributed by atoms with Crippen molar-refractivity contribution >= 4 is 11.8 Å². The van der Waals surface area contributed by atoms with Crippen LogP contribution in [0.2, 0.25) is 0 Å². The number of hydrogen-bond acceptors (Lipinski definition) is 2. The molecule has 2 rings (SSSR count). The van der Waals surface area contributed by atoms with E-state index in [0.717, 1.165) is 24.3 Å². The van der Waals surface area contributed by atoms with Crippen LogP contribution in [0.3, 0.4) is 0 Å². The number of nitriles is 1. The van der Waals surface area contributed by atoms with Crippen LogP contribution in [0.15, 0.2) is 60.3 Å². The Kier molecular flexibility index (Phi) is 5.35. The minimum Gasteiger partial charge on any atom is -0.367 e. The monoisotopic (exact) mass is 287 g/mol. The van der Waals surface area contributed by atoms with Gasteiger partial charge in [-0.05, 0) is 36.3 Å². The van der Waals surface area contributed by atoms with E-state index in [9.17, 15) is 0 Å². The van der Waals surface area contributed by atoms with E-state index >= 15 is 0 Å². The fourth-order valence-electron chi connectivity index (χ4n) is 2.22. The number of allylic oxidation sites excluding steroid dienone is 1. The summed E-state index contributed by atoms with van der Waals surface area (Å²) in [5.41, 5.74) is 3.37. The van der Waals surface area contributed by atoms with E-state index < -0.39 is 0 Å². The highest BCUT2D eigenvalue weighted by Crippen LogP contribution is 2.19. The van der Waals surface area contributed by atoms with E-state index in [0.29, 0.717) is 0 Å². The van der Waals surface area contributed by atoms with Crippen LogP contribution in [-0.4, -0.2) is 6.54 Å². The molecule has 3 heteroatoms. The Morgan fingerprint density at radius 1 is 1.18 bits per heavy atom. The van der Waals surface area contributed by atoms with Crippen LogP contribution in [0.5, 0.6) is 0 Å². The number of benzene rings is 2. The van der Waals surface area contributed by atoms with Crippen molar-refractivity contribution in [3.8, 4) is 6.07 Å². The summed E-state index contributed by atoms with van der Waals surface area (Å²) in [6.07, 6.45) is 1.60. The van der Waals surface area contributed by atoms with Gasteiger partial charge in [0.25, 0.3) is 5.70 Å². The molecule has 0 bridgehead atoms. The predicted molar refractivity (Wildman–Crippen MR) is 89.8 cm³/mol. The highest BCUT2D eigenvalue weighted by Gasteiger charge is 2.05. The Bertz CT molecular complexity index is 700. The SMILES string of the molecule is [C-]#[N+]C(C#N)=Cc1ccc(N(CC)Cc2ccccc2)cc1. The molecule has 0 N–H and O–H groups in total. The number of hydrogen-bond donors (Lipinski definition) is 0. The van der Waals surface area contributed by atoms with Crippen molar-refractivity contribution in [1.29, 1.82) is 5.26 Å². The lowest BCUT2D eigenvalue weighted by atomic mass is 10.1. The van der Waals surface area contributed by atoms with E-state index in [2.05, 4.69) is 28.8 Å². The summed E-state index contributed by atoms with van der Waals surface area (Å²) in [7, 11) is 0.